The van der Waals surface area contributed by atoms with Crippen molar-refractivity contribution in [1.82, 2.24) is 10.2 Å². The van der Waals surface area contributed by atoms with E-state index in [1.165, 1.54) is 5.56 Å². The average molecular weight is 237 g/mol. The van der Waals surface area contributed by atoms with Crippen LogP contribution in [0.4, 0.5) is 5.69 Å². The van der Waals surface area contributed by atoms with Crippen molar-refractivity contribution in [2.75, 3.05) is 5.73 Å². The molecule has 1 aromatic heterocycles. The maximum atomic E-state index is 5.91. The molecule has 2 N–H and O–H groups in total. The second-order valence-corrected chi connectivity index (χ2v) is 5.62. The fourth-order valence-electron chi connectivity index (χ4n) is 1.22. The van der Waals surface area contributed by atoms with Crippen LogP contribution in [0, 0.1) is 13.8 Å². The number of nitrogens with zero attached hydrogens (tertiary/aromatic N) is 2. The first-order valence-electron chi connectivity index (χ1n) is 4.50. The van der Waals surface area contributed by atoms with Crippen LogP contribution in [0.15, 0.2) is 27.4 Å². The van der Waals surface area contributed by atoms with Gasteiger partial charge in [-0.3, -0.25) is 0 Å². The van der Waals surface area contributed by atoms with Crippen LogP contribution in [0.2, 0.25) is 0 Å². The van der Waals surface area contributed by atoms with Crippen molar-refractivity contribution in [1.29, 1.82) is 0 Å². The van der Waals surface area contributed by atoms with E-state index in [0.29, 0.717) is 0 Å². The third-order valence-electron chi connectivity index (χ3n) is 1.94. The van der Waals surface area contributed by atoms with Gasteiger partial charge in [-0.05, 0) is 25.5 Å². The third kappa shape index (κ3) is 2.30. The molecule has 5 heteroatoms. The summed E-state index contributed by atoms with van der Waals surface area (Å²) in [4.78, 5) is 1.08. The van der Waals surface area contributed by atoms with Crippen molar-refractivity contribution in [2.45, 2.75) is 23.1 Å². The van der Waals surface area contributed by atoms with Crippen LogP contribution in [0.1, 0.15) is 10.6 Å². The predicted octanol–water partition coefficient (Wildman–Crippen LogP) is 2.89. The lowest BCUT2D eigenvalue weighted by Crippen LogP contribution is -1.90. The first-order chi connectivity index (χ1) is 7.16. The molecule has 1 aromatic carbocycles. The molecule has 0 bridgehead atoms. The Labute approximate surface area is 96.7 Å². The van der Waals surface area contributed by atoms with Crippen LogP contribution in [0.5, 0.6) is 0 Å². The highest BCUT2D eigenvalue weighted by molar-refractivity contribution is 8.01. The van der Waals surface area contributed by atoms with E-state index in [0.717, 1.165) is 19.9 Å². The van der Waals surface area contributed by atoms with Gasteiger partial charge < -0.3 is 5.73 Å². The number of anilines is 1. The van der Waals surface area contributed by atoms with Crippen molar-refractivity contribution in [2.24, 2.45) is 0 Å². The molecule has 0 atom stereocenters. The predicted molar refractivity (Wildman–Crippen MR) is 64.4 cm³/mol. The Balaban J connectivity index is 2.31. The fourth-order valence-corrected chi connectivity index (χ4v) is 3.09. The van der Waals surface area contributed by atoms with Crippen molar-refractivity contribution < 1.29 is 0 Å². The van der Waals surface area contributed by atoms with E-state index in [4.69, 9.17) is 5.73 Å². The molecule has 0 radical (unpaired) electrons. The highest BCUT2D eigenvalue weighted by Crippen LogP contribution is 2.35. The smallest absolute Gasteiger partial charge is 0.179 e. The van der Waals surface area contributed by atoms with Gasteiger partial charge in [-0.25, -0.2) is 0 Å². The zero-order chi connectivity index (χ0) is 10.8. The van der Waals surface area contributed by atoms with Gasteiger partial charge in [0, 0.05) is 10.6 Å². The molecule has 0 aliphatic carbocycles. The van der Waals surface area contributed by atoms with Gasteiger partial charge in [0.15, 0.2) is 4.34 Å². The zero-order valence-electron chi connectivity index (χ0n) is 8.52. The monoisotopic (exact) mass is 237 g/mol. The number of aromatic nitrogens is 2. The molecule has 0 amide bonds. The molecule has 0 fully saturated rings. The fraction of sp³-hybridized carbons (Fsp3) is 0.200. The van der Waals surface area contributed by atoms with Crippen LogP contribution in [-0.2, 0) is 0 Å². The molecule has 3 nitrogen and oxygen atoms in total. The van der Waals surface area contributed by atoms with E-state index in [1.54, 1.807) is 23.1 Å². The zero-order valence-corrected chi connectivity index (χ0v) is 10.2. The molecule has 0 spiro atoms. The molecule has 2 rings (SSSR count). The minimum absolute atomic E-state index is 0.799. The van der Waals surface area contributed by atoms with E-state index >= 15 is 0 Å². The SMILES string of the molecule is Cc1nnc(Sc2c(C)cccc2N)s1. The number of benzene rings is 1. The molecule has 1 heterocycles. The van der Waals surface area contributed by atoms with E-state index in [1.807, 2.05) is 32.0 Å². The minimum Gasteiger partial charge on any atom is -0.398 e. The minimum atomic E-state index is 0.799. The van der Waals surface area contributed by atoms with E-state index in [-0.39, 0.29) is 0 Å². The quantitative estimate of drug-likeness (QED) is 0.816. The number of nitrogens with two attached hydrogens (primary N) is 1. The Hall–Kier alpha value is -1.07. The Morgan fingerprint density at radius 1 is 1.27 bits per heavy atom. The summed E-state index contributed by atoms with van der Waals surface area (Å²) in [6.45, 7) is 4.00. The van der Waals surface area contributed by atoms with Crippen molar-refractivity contribution >= 4 is 28.8 Å². The van der Waals surface area contributed by atoms with Gasteiger partial charge in [-0.1, -0.05) is 35.2 Å². The highest BCUT2D eigenvalue weighted by Gasteiger charge is 2.08. The molecule has 78 valence electrons. The van der Waals surface area contributed by atoms with E-state index < -0.39 is 0 Å². The maximum Gasteiger partial charge on any atom is 0.179 e. The van der Waals surface area contributed by atoms with E-state index in [9.17, 15) is 0 Å². The second-order valence-electron chi connectivity index (χ2n) is 3.18. The van der Waals surface area contributed by atoms with Crippen LogP contribution < -0.4 is 5.73 Å². The van der Waals surface area contributed by atoms with Gasteiger partial charge in [0.2, 0.25) is 0 Å². The first-order valence-corrected chi connectivity index (χ1v) is 6.13. The van der Waals surface area contributed by atoms with Crippen molar-refractivity contribution in [3.05, 3.63) is 28.8 Å². The Kier molecular flexibility index (Phi) is 2.93. The summed E-state index contributed by atoms with van der Waals surface area (Å²) in [7, 11) is 0. The molecular weight excluding hydrogens is 226 g/mol. The maximum absolute atomic E-state index is 5.91. The summed E-state index contributed by atoms with van der Waals surface area (Å²) < 4.78 is 0.938. The van der Waals surface area contributed by atoms with Gasteiger partial charge in [-0.2, -0.15) is 0 Å². The molecule has 0 unspecified atom stereocenters. The van der Waals surface area contributed by atoms with Gasteiger partial charge in [-0.15, -0.1) is 10.2 Å². The van der Waals surface area contributed by atoms with Crippen LogP contribution in [-0.4, -0.2) is 10.2 Å². The summed E-state index contributed by atoms with van der Waals surface area (Å²) in [5, 5.41) is 9.02. The summed E-state index contributed by atoms with van der Waals surface area (Å²) in [5.41, 5.74) is 7.88. The first kappa shape index (κ1) is 10.4. The lowest BCUT2D eigenvalue weighted by Gasteiger charge is -2.05. The lowest BCUT2D eigenvalue weighted by molar-refractivity contribution is 0.983. The summed E-state index contributed by atoms with van der Waals surface area (Å²) >= 11 is 3.17. The number of hydrogen-bond acceptors (Lipinski definition) is 5. The molecule has 0 saturated carbocycles. The van der Waals surface area contributed by atoms with Crippen LogP contribution >= 0.6 is 23.1 Å². The summed E-state index contributed by atoms with van der Waals surface area (Å²) in [6, 6.07) is 5.91. The molecule has 0 aliphatic rings. The Bertz CT molecular complexity index is 459. The van der Waals surface area contributed by atoms with Crippen molar-refractivity contribution in [3.8, 4) is 0 Å². The summed E-state index contributed by atoms with van der Waals surface area (Å²) in [5.74, 6) is 0. The second kappa shape index (κ2) is 4.20. The van der Waals surface area contributed by atoms with E-state index in [2.05, 4.69) is 10.2 Å². The third-order valence-corrected chi connectivity index (χ3v) is 4.09. The van der Waals surface area contributed by atoms with Gasteiger partial charge in [0.25, 0.3) is 0 Å². The number of nitrogen functional groups attached to an aromatic ring is 1. The number of rotatable bonds is 2. The van der Waals surface area contributed by atoms with Crippen LogP contribution in [0.3, 0.4) is 0 Å². The Morgan fingerprint density at radius 3 is 2.67 bits per heavy atom. The highest BCUT2D eigenvalue weighted by atomic mass is 32.2. The standard InChI is InChI=1S/C10H11N3S2/c1-6-4-3-5-8(11)9(6)15-10-13-12-7(2)14-10/h3-5H,11H2,1-2H3. The Morgan fingerprint density at radius 2 is 2.07 bits per heavy atom. The van der Waals surface area contributed by atoms with Gasteiger partial charge in [0.1, 0.15) is 5.01 Å². The lowest BCUT2D eigenvalue weighted by atomic mass is 10.2. The van der Waals surface area contributed by atoms with Crippen molar-refractivity contribution in [3.63, 3.8) is 0 Å². The molecule has 15 heavy (non-hydrogen) atoms. The molecule has 2 aromatic rings. The molecular formula is C10H11N3S2. The molecule has 0 saturated heterocycles. The van der Waals surface area contributed by atoms with Gasteiger partial charge in [0.05, 0.1) is 0 Å². The van der Waals surface area contributed by atoms with Crippen LogP contribution in [0.25, 0.3) is 0 Å². The average Bonchev–Trinajstić information content (AvgIpc) is 2.58. The summed E-state index contributed by atoms with van der Waals surface area (Å²) in [6.07, 6.45) is 0. The topological polar surface area (TPSA) is 51.8 Å². The normalized spacial score (nSPS) is 10.5. The number of hydrogen-bond donors (Lipinski definition) is 1. The molecule has 0 aliphatic heterocycles. The number of aryl methyl sites for hydroxylation is 2. The van der Waals surface area contributed by atoms with Gasteiger partial charge >= 0.3 is 0 Å². The largest absolute Gasteiger partial charge is 0.398 e.